The fraction of sp³-hybridized carbons (Fsp3) is 0.500. The van der Waals surface area contributed by atoms with Gasteiger partial charge in [0, 0.05) is 5.41 Å². The molecule has 0 spiro atoms. The summed E-state index contributed by atoms with van der Waals surface area (Å²) < 4.78 is 10.2. The van der Waals surface area contributed by atoms with E-state index in [1.54, 1.807) is 27.7 Å². The number of furan rings is 1. The van der Waals surface area contributed by atoms with Crippen molar-refractivity contribution in [1.82, 2.24) is 0 Å². The van der Waals surface area contributed by atoms with Gasteiger partial charge in [0.1, 0.15) is 16.9 Å². The highest BCUT2D eigenvalue weighted by molar-refractivity contribution is 6.10. The molecule has 116 valence electrons. The van der Waals surface area contributed by atoms with Crippen molar-refractivity contribution < 1.29 is 23.5 Å². The Morgan fingerprint density at radius 2 is 1.81 bits per heavy atom. The number of ether oxygens (including phenoxy) is 1. The Bertz CT molecular complexity index is 581. The van der Waals surface area contributed by atoms with Crippen LogP contribution >= 0.6 is 0 Å². The summed E-state index contributed by atoms with van der Waals surface area (Å²) in [4.78, 5) is 35.5. The highest BCUT2D eigenvalue weighted by Gasteiger charge is 2.31. The van der Waals surface area contributed by atoms with Gasteiger partial charge in [0.2, 0.25) is 11.8 Å². The van der Waals surface area contributed by atoms with Crippen LogP contribution in [0.15, 0.2) is 4.42 Å². The van der Waals surface area contributed by atoms with E-state index in [1.807, 2.05) is 0 Å². The lowest BCUT2D eigenvalue weighted by Gasteiger charge is -2.16. The average molecular weight is 296 g/mol. The van der Waals surface area contributed by atoms with Gasteiger partial charge < -0.3 is 14.9 Å². The van der Waals surface area contributed by atoms with Crippen molar-refractivity contribution in [2.45, 2.75) is 34.6 Å². The number of anilines is 1. The standard InChI is InChI=1S/C14H20N2O5/c1-6-20-12(18)8-7(2)21-11(9(8)10(15)17)16-13(19)14(3,4)5/h6H2,1-5H3,(H2,15,17)(H,16,19). The molecule has 21 heavy (non-hydrogen) atoms. The molecule has 0 aliphatic heterocycles. The molecule has 3 N–H and O–H groups in total. The summed E-state index contributed by atoms with van der Waals surface area (Å²) in [5.41, 5.74) is 4.36. The highest BCUT2D eigenvalue weighted by atomic mass is 16.5. The quantitative estimate of drug-likeness (QED) is 0.823. The van der Waals surface area contributed by atoms with Crippen LogP contribution in [0.4, 0.5) is 5.88 Å². The lowest BCUT2D eigenvalue weighted by molar-refractivity contribution is -0.123. The molecule has 1 aromatic rings. The summed E-state index contributed by atoms with van der Waals surface area (Å²) in [6, 6.07) is 0. The molecule has 0 saturated carbocycles. The molecular weight excluding hydrogens is 276 g/mol. The van der Waals surface area contributed by atoms with Crippen LogP contribution in [0.1, 0.15) is 54.2 Å². The molecule has 0 aliphatic carbocycles. The fourth-order valence-corrected chi connectivity index (χ4v) is 1.61. The van der Waals surface area contributed by atoms with Crippen LogP contribution in [0.25, 0.3) is 0 Å². The molecule has 1 aromatic heterocycles. The molecule has 7 heteroatoms. The van der Waals surface area contributed by atoms with E-state index in [1.165, 1.54) is 6.92 Å². The van der Waals surface area contributed by atoms with Crippen LogP contribution < -0.4 is 11.1 Å². The molecule has 1 heterocycles. The summed E-state index contributed by atoms with van der Waals surface area (Å²) in [5.74, 6) is -1.94. The molecule has 0 aromatic carbocycles. The van der Waals surface area contributed by atoms with Crippen LogP contribution in [0.2, 0.25) is 0 Å². The number of amides is 2. The fourth-order valence-electron chi connectivity index (χ4n) is 1.61. The summed E-state index contributed by atoms with van der Waals surface area (Å²) in [6.07, 6.45) is 0. The van der Waals surface area contributed by atoms with Gasteiger partial charge in [-0.25, -0.2) is 4.79 Å². The predicted molar refractivity (Wildman–Crippen MR) is 76.0 cm³/mol. The monoisotopic (exact) mass is 296 g/mol. The molecule has 0 aliphatic rings. The first-order valence-electron chi connectivity index (χ1n) is 6.51. The van der Waals surface area contributed by atoms with Crippen molar-refractivity contribution in [2.75, 3.05) is 11.9 Å². The third kappa shape index (κ3) is 3.62. The Morgan fingerprint density at radius 3 is 2.24 bits per heavy atom. The maximum atomic E-state index is 12.0. The van der Waals surface area contributed by atoms with Crippen molar-refractivity contribution in [3.05, 3.63) is 16.9 Å². The topological polar surface area (TPSA) is 112 Å². The largest absolute Gasteiger partial charge is 0.462 e. The van der Waals surface area contributed by atoms with E-state index in [0.717, 1.165) is 0 Å². The number of carbonyl (C=O) groups excluding carboxylic acids is 3. The third-order valence-electron chi connectivity index (χ3n) is 2.72. The number of hydrogen-bond acceptors (Lipinski definition) is 5. The van der Waals surface area contributed by atoms with Crippen molar-refractivity contribution >= 4 is 23.7 Å². The van der Waals surface area contributed by atoms with Gasteiger partial charge in [0.05, 0.1) is 6.61 Å². The van der Waals surface area contributed by atoms with Crippen molar-refractivity contribution in [3.8, 4) is 0 Å². The van der Waals surface area contributed by atoms with Crippen molar-refractivity contribution in [3.63, 3.8) is 0 Å². The van der Waals surface area contributed by atoms with Crippen LogP contribution in [0.5, 0.6) is 0 Å². The molecule has 2 amide bonds. The molecule has 1 rings (SSSR count). The Balaban J connectivity index is 3.29. The van der Waals surface area contributed by atoms with E-state index in [9.17, 15) is 14.4 Å². The Labute approximate surface area is 122 Å². The Kier molecular flexibility index (Phi) is 4.77. The van der Waals surface area contributed by atoms with Crippen LogP contribution in [0, 0.1) is 12.3 Å². The summed E-state index contributed by atoms with van der Waals surface area (Å²) in [5, 5.41) is 2.48. The second-order valence-corrected chi connectivity index (χ2v) is 5.53. The molecule has 0 saturated heterocycles. The van der Waals surface area contributed by atoms with Crippen molar-refractivity contribution in [2.24, 2.45) is 11.1 Å². The van der Waals surface area contributed by atoms with Crippen molar-refractivity contribution in [1.29, 1.82) is 0 Å². The van der Waals surface area contributed by atoms with E-state index in [-0.39, 0.29) is 35.3 Å². The lowest BCUT2D eigenvalue weighted by Crippen LogP contribution is -2.29. The first kappa shape index (κ1) is 16.7. The van der Waals surface area contributed by atoms with Gasteiger partial charge in [-0.05, 0) is 13.8 Å². The van der Waals surface area contributed by atoms with Gasteiger partial charge in [0.15, 0.2) is 0 Å². The number of rotatable bonds is 4. The molecule has 0 radical (unpaired) electrons. The molecule has 0 fully saturated rings. The average Bonchev–Trinajstić information content (AvgIpc) is 2.64. The summed E-state index contributed by atoms with van der Waals surface area (Å²) in [6.45, 7) is 8.38. The Hall–Kier alpha value is -2.31. The highest BCUT2D eigenvalue weighted by Crippen LogP contribution is 2.29. The van der Waals surface area contributed by atoms with E-state index >= 15 is 0 Å². The number of esters is 1. The number of primary amides is 1. The summed E-state index contributed by atoms with van der Waals surface area (Å²) in [7, 11) is 0. The number of aryl methyl sites for hydroxylation is 1. The third-order valence-corrected chi connectivity index (χ3v) is 2.72. The van der Waals surface area contributed by atoms with Gasteiger partial charge >= 0.3 is 5.97 Å². The maximum Gasteiger partial charge on any atom is 0.342 e. The number of nitrogens with two attached hydrogens (primary N) is 1. The number of nitrogens with one attached hydrogen (secondary N) is 1. The van der Waals surface area contributed by atoms with Gasteiger partial charge in [0.25, 0.3) is 5.91 Å². The smallest absolute Gasteiger partial charge is 0.342 e. The molecule has 0 bridgehead atoms. The zero-order chi connectivity index (χ0) is 16.4. The van der Waals surface area contributed by atoms with E-state index in [4.69, 9.17) is 14.9 Å². The van der Waals surface area contributed by atoms with E-state index in [0.29, 0.717) is 0 Å². The number of carbonyl (C=O) groups is 3. The minimum absolute atomic E-state index is 0.0615. The van der Waals surface area contributed by atoms with Gasteiger partial charge in [-0.2, -0.15) is 0 Å². The number of hydrogen-bond donors (Lipinski definition) is 2. The van der Waals surface area contributed by atoms with Gasteiger partial charge in [-0.3, -0.25) is 14.9 Å². The summed E-state index contributed by atoms with van der Waals surface area (Å²) >= 11 is 0. The second-order valence-electron chi connectivity index (χ2n) is 5.53. The van der Waals surface area contributed by atoms with Crippen LogP contribution in [-0.2, 0) is 9.53 Å². The maximum absolute atomic E-state index is 12.0. The zero-order valence-electron chi connectivity index (χ0n) is 12.8. The SMILES string of the molecule is CCOC(=O)c1c(C)oc(NC(=O)C(C)(C)C)c1C(N)=O. The lowest BCUT2D eigenvalue weighted by atomic mass is 9.95. The normalized spacial score (nSPS) is 11.1. The Morgan fingerprint density at radius 1 is 1.24 bits per heavy atom. The van der Waals surface area contributed by atoms with Crippen LogP contribution in [-0.4, -0.2) is 24.4 Å². The van der Waals surface area contributed by atoms with E-state index < -0.39 is 17.3 Å². The zero-order valence-corrected chi connectivity index (χ0v) is 12.8. The molecular formula is C14H20N2O5. The van der Waals surface area contributed by atoms with Crippen LogP contribution in [0.3, 0.4) is 0 Å². The minimum Gasteiger partial charge on any atom is -0.462 e. The molecule has 0 unspecified atom stereocenters. The minimum atomic E-state index is -0.876. The van der Waals surface area contributed by atoms with Gasteiger partial charge in [-0.1, -0.05) is 20.8 Å². The predicted octanol–water partition coefficient (Wildman–Crippen LogP) is 1.85. The van der Waals surface area contributed by atoms with E-state index in [2.05, 4.69) is 5.32 Å². The first-order chi connectivity index (χ1) is 9.59. The second kappa shape index (κ2) is 5.99. The molecule has 0 atom stereocenters. The molecule has 7 nitrogen and oxygen atoms in total. The first-order valence-corrected chi connectivity index (χ1v) is 6.51. The van der Waals surface area contributed by atoms with Gasteiger partial charge in [-0.15, -0.1) is 0 Å².